The van der Waals surface area contributed by atoms with E-state index in [0.29, 0.717) is 0 Å². The molecule has 2 saturated heterocycles. The van der Waals surface area contributed by atoms with Crippen LogP contribution in [0.15, 0.2) is 24.3 Å². The molecule has 0 aliphatic carbocycles. The molecule has 0 radical (unpaired) electrons. The minimum absolute atomic E-state index is 0.0587. The number of hydrogen-bond donors (Lipinski definition) is 1. The predicted molar refractivity (Wildman–Crippen MR) is 105 cm³/mol. The maximum absolute atomic E-state index is 11.3. The molecule has 2 aliphatic heterocycles. The van der Waals surface area contributed by atoms with Gasteiger partial charge in [0, 0.05) is 31.0 Å². The summed E-state index contributed by atoms with van der Waals surface area (Å²) < 4.78 is 0. The van der Waals surface area contributed by atoms with Crippen LogP contribution in [-0.4, -0.2) is 48.4 Å². The van der Waals surface area contributed by atoms with Gasteiger partial charge in [0.1, 0.15) is 0 Å². The quantitative estimate of drug-likeness (QED) is 0.828. The zero-order valence-electron chi connectivity index (χ0n) is 15.8. The number of hydrogen-bond acceptors (Lipinski definition) is 3. The van der Waals surface area contributed by atoms with Crippen LogP contribution in [0.3, 0.4) is 0 Å². The van der Waals surface area contributed by atoms with Crippen molar-refractivity contribution < 1.29 is 4.79 Å². The molecule has 0 bridgehead atoms. The standard InChI is InChI=1S/C22H31N3O/c23-22(26)21-10-15-25(16-11-21)18-20-9-6-8-19(17-20)7-2-5-14-24-12-3-1-4-13-24/h6,8-9,17,21H,1,3-5,10-16,18H2,(H2,23,26). The molecule has 4 heteroatoms. The first kappa shape index (κ1) is 18.9. The van der Waals surface area contributed by atoms with Crippen LogP contribution in [0.1, 0.15) is 49.7 Å². The molecule has 1 aromatic rings. The predicted octanol–water partition coefficient (Wildman–Crippen LogP) is 2.61. The zero-order valence-corrected chi connectivity index (χ0v) is 15.8. The Morgan fingerprint density at radius 1 is 1.08 bits per heavy atom. The molecule has 0 saturated carbocycles. The average Bonchev–Trinajstić information content (AvgIpc) is 2.67. The van der Waals surface area contributed by atoms with Gasteiger partial charge in [-0.05, 0) is 69.6 Å². The molecule has 1 aromatic carbocycles. The molecule has 26 heavy (non-hydrogen) atoms. The fourth-order valence-corrected chi connectivity index (χ4v) is 3.94. The Bertz CT molecular complexity index is 647. The highest BCUT2D eigenvalue weighted by Gasteiger charge is 2.22. The summed E-state index contributed by atoms with van der Waals surface area (Å²) >= 11 is 0. The number of likely N-dealkylation sites (tertiary alicyclic amines) is 2. The first-order chi connectivity index (χ1) is 12.7. The lowest BCUT2D eigenvalue weighted by Gasteiger charge is -2.30. The first-order valence-electron chi connectivity index (χ1n) is 10.0. The number of carbonyl (C=O) groups excluding carboxylic acids is 1. The van der Waals surface area contributed by atoms with Gasteiger partial charge in [-0.15, -0.1) is 0 Å². The van der Waals surface area contributed by atoms with E-state index >= 15 is 0 Å². The number of piperidine rings is 2. The second-order valence-electron chi connectivity index (χ2n) is 7.61. The lowest BCUT2D eigenvalue weighted by atomic mass is 9.96. The van der Waals surface area contributed by atoms with Crippen molar-refractivity contribution >= 4 is 5.91 Å². The fraction of sp³-hybridized carbons (Fsp3) is 0.591. The Morgan fingerprint density at radius 2 is 1.85 bits per heavy atom. The second kappa shape index (κ2) is 9.75. The summed E-state index contributed by atoms with van der Waals surface area (Å²) in [6, 6.07) is 8.56. The van der Waals surface area contributed by atoms with Crippen molar-refractivity contribution in [3.63, 3.8) is 0 Å². The van der Waals surface area contributed by atoms with Gasteiger partial charge in [-0.2, -0.15) is 0 Å². The Kier molecular flexibility index (Phi) is 7.11. The molecule has 2 fully saturated rings. The number of primary amides is 1. The van der Waals surface area contributed by atoms with E-state index in [9.17, 15) is 4.79 Å². The lowest BCUT2D eigenvalue weighted by molar-refractivity contribution is -0.123. The molecule has 0 unspecified atom stereocenters. The highest BCUT2D eigenvalue weighted by Crippen LogP contribution is 2.19. The van der Waals surface area contributed by atoms with Gasteiger partial charge in [0.25, 0.3) is 0 Å². The Morgan fingerprint density at radius 3 is 2.58 bits per heavy atom. The SMILES string of the molecule is NC(=O)C1CCN(Cc2cccc(C#CCCN3CCCCC3)c2)CC1. The number of rotatable bonds is 5. The zero-order chi connectivity index (χ0) is 18.2. The van der Waals surface area contributed by atoms with E-state index in [-0.39, 0.29) is 11.8 Å². The molecular formula is C22H31N3O. The summed E-state index contributed by atoms with van der Waals surface area (Å²) in [5.74, 6) is 6.58. The van der Waals surface area contributed by atoms with Crippen LogP contribution in [0.2, 0.25) is 0 Å². The second-order valence-corrected chi connectivity index (χ2v) is 7.61. The van der Waals surface area contributed by atoms with Crippen LogP contribution >= 0.6 is 0 Å². The summed E-state index contributed by atoms with van der Waals surface area (Å²) in [6.45, 7) is 6.39. The number of nitrogens with two attached hydrogens (primary N) is 1. The topological polar surface area (TPSA) is 49.6 Å². The monoisotopic (exact) mass is 353 g/mol. The Labute approximate surface area is 157 Å². The van der Waals surface area contributed by atoms with E-state index in [4.69, 9.17) is 5.73 Å². The van der Waals surface area contributed by atoms with Crippen LogP contribution in [-0.2, 0) is 11.3 Å². The molecule has 0 atom stereocenters. The van der Waals surface area contributed by atoms with E-state index in [1.165, 1.54) is 37.9 Å². The van der Waals surface area contributed by atoms with Crippen LogP contribution in [0.25, 0.3) is 0 Å². The van der Waals surface area contributed by atoms with E-state index in [2.05, 4.69) is 45.9 Å². The molecular weight excluding hydrogens is 322 g/mol. The Hall–Kier alpha value is -1.83. The number of benzene rings is 1. The van der Waals surface area contributed by atoms with Crippen molar-refractivity contribution in [1.82, 2.24) is 9.80 Å². The van der Waals surface area contributed by atoms with Crippen molar-refractivity contribution in [2.45, 2.75) is 45.1 Å². The molecule has 1 amide bonds. The summed E-state index contributed by atoms with van der Waals surface area (Å²) in [5.41, 5.74) is 7.82. The van der Waals surface area contributed by atoms with Gasteiger partial charge in [-0.1, -0.05) is 30.4 Å². The van der Waals surface area contributed by atoms with Crippen LogP contribution in [0, 0.1) is 17.8 Å². The molecule has 2 heterocycles. The summed E-state index contributed by atoms with van der Waals surface area (Å²) in [7, 11) is 0. The molecule has 3 rings (SSSR count). The average molecular weight is 354 g/mol. The largest absolute Gasteiger partial charge is 0.369 e. The third-order valence-corrected chi connectivity index (χ3v) is 5.56. The van der Waals surface area contributed by atoms with Crippen LogP contribution < -0.4 is 5.73 Å². The molecule has 2 N–H and O–H groups in total. The van der Waals surface area contributed by atoms with E-state index in [0.717, 1.165) is 51.0 Å². The smallest absolute Gasteiger partial charge is 0.220 e. The van der Waals surface area contributed by atoms with Gasteiger partial charge in [-0.25, -0.2) is 0 Å². The minimum atomic E-state index is -0.147. The van der Waals surface area contributed by atoms with Crippen molar-refractivity contribution in [2.75, 3.05) is 32.7 Å². The van der Waals surface area contributed by atoms with E-state index in [1.54, 1.807) is 0 Å². The highest BCUT2D eigenvalue weighted by atomic mass is 16.1. The molecule has 2 aliphatic rings. The van der Waals surface area contributed by atoms with Crippen molar-refractivity contribution in [1.29, 1.82) is 0 Å². The van der Waals surface area contributed by atoms with E-state index in [1.807, 2.05) is 0 Å². The number of nitrogens with zero attached hydrogens (tertiary/aromatic N) is 2. The van der Waals surface area contributed by atoms with Crippen molar-refractivity contribution in [3.8, 4) is 11.8 Å². The maximum Gasteiger partial charge on any atom is 0.220 e. The molecule has 140 valence electrons. The fourth-order valence-electron chi connectivity index (χ4n) is 3.94. The van der Waals surface area contributed by atoms with Crippen LogP contribution in [0.4, 0.5) is 0 Å². The van der Waals surface area contributed by atoms with Crippen molar-refractivity contribution in [2.24, 2.45) is 11.7 Å². The van der Waals surface area contributed by atoms with Gasteiger partial charge in [-0.3, -0.25) is 9.69 Å². The Balaban J connectivity index is 1.46. The van der Waals surface area contributed by atoms with E-state index < -0.39 is 0 Å². The third kappa shape index (κ3) is 5.86. The van der Waals surface area contributed by atoms with Gasteiger partial charge in [0.15, 0.2) is 0 Å². The molecule has 0 spiro atoms. The van der Waals surface area contributed by atoms with Gasteiger partial charge < -0.3 is 10.6 Å². The van der Waals surface area contributed by atoms with Gasteiger partial charge in [0.2, 0.25) is 5.91 Å². The molecule has 0 aromatic heterocycles. The van der Waals surface area contributed by atoms with Crippen molar-refractivity contribution in [3.05, 3.63) is 35.4 Å². The summed E-state index contributed by atoms with van der Waals surface area (Å²) in [4.78, 5) is 16.2. The molecule has 4 nitrogen and oxygen atoms in total. The normalized spacial score (nSPS) is 19.7. The van der Waals surface area contributed by atoms with Gasteiger partial charge >= 0.3 is 0 Å². The number of amides is 1. The van der Waals surface area contributed by atoms with Crippen LogP contribution in [0.5, 0.6) is 0 Å². The summed E-state index contributed by atoms with van der Waals surface area (Å²) in [5, 5.41) is 0. The number of carbonyl (C=O) groups is 1. The van der Waals surface area contributed by atoms with Gasteiger partial charge in [0.05, 0.1) is 0 Å². The highest BCUT2D eigenvalue weighted by molar-refractivity contribution is 5.76. The first-order valence-corrected chi connectivity index (χ1v) is 10.0. The lowest BCUT2D eigenvalue weighted by Crippen LogP contribution is -2.38. The third-order valence-electron chi connectivity index (χ3n) is 5.56. The maximum atomic E-state index is 11.3. The summed E-state index contributed by atoms with van der Waals surface area (Å²) in [6.07, 6.45) is 6.77. The minimum Gasteiger partial charge on any atom is -0.369 e.